The third-order valence-corrected chi connectivity index (χ3v) is 9.05. The number of hydrogen-bond donors (Lipinski definition) is 1. The van der Waals surface area contributed by atoms with Gasteiger partial charge in [0.2, 0.25) is 5.91 Å². The summed E-state index contributed by atoms with van der Waals surface area (Å²) in [6, 6.07) is 12.0. The first-order valence-electron chi connectivity index (χ1n) is 10.4. The maximum Gasteiger partial charge on any atom is 0.252 e. The van der Waals surface area contributed by atoms with Crippen LogP contribution in [0.5, 0.6) is 0 Å². The highest BCUT2D eigenvalue weighted by Crippen LogP contribution is 2.26. The van der Waals surface area contributed by atoms with E-state index in [1.165, 1.54) is 26.8 Å². The fourth-order valence-electron chi connectivity index (χ4n) is 3.81. The number of aryl methyl sites for hydroxylation is 1. The molecule has 1 saturated heterocycles. The van der Waals surface area contributed by atoms with E-state index < -0.39 is 10.0 Å². The maximum atomic E-state index is 12.7. The van der Waals surface area contributed by atoms with E-state index in [9.17, 15) is 13.2 Å². The second kappa shape index (κ2) is 10.0. The van der Waals surface area contributed by atoms with Gasteiger partial charge in [0.05, 0.1) is 6.04 Å². The number of nitrogens with one attached hydrogen (secondary N) is 1. The fourth-order valence-corrected chi connectivity index (χ4v) is 6.43. The summed E-state index contributed by atoms with van der Waals surface area (Å²) >= 11 is 1.23. The molecule has 1 unspecified atom stereocenters. The van der Waals surface area contributed by atoms with Gasteiger partial charge in [-0.1, -0.05) is 37.3 Å². The zero-order valence-electron chi connectivity index (χ0n) is 17.9. The van der Waals surface area contributed by atoms with Crippen LogP contribution in [0.2, 0.25) is 0 Å². The summed E-state index contributed by atoms with van der Waals surface area (Å²) < 4.78 is 27.2. The molecule has 30 heavy (non-hydrogen) atoms. The van der Waals surface area contributed by atoms with Crippen molar-refractivity contribution in [2.45, 2.75) is 36.4 Å². The second-order valence-electron chi connectivity index (χ2n) is 7.93. The van der Waals surface area contributed by atoms with Crippen LogP contribution in [-0.4, -0.2) is 57.3 Å². The van der Waals surface area contributed by atoms with E-state index in [1.54, 1.807) is 17.5 Å². The van der Waals surface area contributed by atoms with Crippen LogP contribution in [0, 0.1) is 5.92 Å². The minimum absolute atomic E-state index is 0.0141. The summed E-state index contributed by atoms with van der Waals surface area (Å²) in [5, 5.41) is 4.86. The molecule has 1 aliphatic rings. The lowest BCUT2D eigenvalue weighted by molar-refractivity contribution is -0.126. The number of carbonyl (C=O) groups excluding carboxylic acids is 1. The third kappa shape index (κ3) is 5.29. The van der Waals surface area contributed by atoms with Crippen molar-refractivity contribution < 1.29 is 13.2 Å². The molecule has 0 spiro atoms. The average molecular weight is 450 g/mol. The molecule has 6 nitrogen and oxygen atoms in total. The van der Waals surface area contributed by atoms with Gasteiger partial charge in [-0.15, -0.1) is 11.3 Å². The van der Waals surface area contributed by atoms with E-state index >= 15 is 0 Å². The number of thiophene rings is 1. The zero-order chi connectivity index (χ0) is 21.7. The van der Waals surface area contributed by atoms with Gasteiger partial charge >= 0.3 is 0 Å². The van der Waals surface area contributed by atoms with Crippen molar-refractivity contribution in [3.63, 3.8) is 0 Å². The van der Waals surface area contributed by atoms with Gasteiger partial charge < -0.3 is 10.2 Å². The molecule has 1 aromatic heterocycles. The lowest BCUT2D eigenvalue weighted by Crippen LogP contribution is -2.44. The highest BCUT2D eigenvalue weighted by molar-refractivity contribution is 7.91. The molecule has 1 amide bonds. The molecule has 164 valence electrons. The lowest BCUT2D eigenvalue weighted by atomic mass is 9.96. The standard InChI is InChI=1S/C22H31N3O3S2/c1-4-17-7-9-18(10-8-17)20(24(2)3)16-23-22(26)19-11-13-25(14-12-19)30(27,28)21-6-5-15-29-21/h5-10,15,19-20H,4,11-14,16H2,1-3H3,(H,23,26). The molecule has 1 atom stereocenters. The van der Waals surface area contributed by atoms with Crippen molar-refractivity contribution in [1.29, 1.82) is 0 Å². The van der Waals surface area contributed by atoms with Crippen LogP contribution in [0.25, 0.3) is 0 Å². The number of carbonyl (C=O) groups is 1. The SMILES string of the molecule is CCc1ccc(C(CNC(=O)C2CCN(S(=O)(=O)c3cccs3)CC2)N(C)C)cc1. The fraction of sp³-hybridized carbons (Fsp3) is 0.500. The minimum atomic E-state index is -3.43. The molecule has 1 fully saturated rings. The van der Waals surface area contributed by atoms with Gasteiger partial charge in [-0.25, -0.2) is 8.42 Å². The van der Waals surface area contributed by atoms with Gasteiger partial charge in [0, 0.05) is 25.6 Å². The van der Waals surface area contributed by atoms with Gasteiger partial charge in [-0.3, -0.25) is 4.79 Å². The molecule has 8 heteroatoms. The van der Waals surface area contributed by atoms with Crippen molar-refractivity contribution in [3.8, 4) is 0 Å². The monoisotopic (exact) mass is 449 g/mol. The van der Waals surface area contributed by atoms with E-state index in [-0.39, 0.29) is 17.9 Å². The molecule has 3 rings (SSSR count). The Labute approximate surface area is 183 Å². The van der Waals surface area contributed by atoms with E-state index in [2.05, 4.69) is 41.4 Å². The van der Waals surface area contributed by atoms with Crippen molar-refractivity contribution in [3.05, 3.63) is 52.9 Å². The smallest absolute Gasteiger partial charge is 0.252 e. The van der Waals surface area contributed by atoms with Crippen LogP contribution >= 0.6 is 11.3 Å². The summed E-state index contributed by atoms with van der Waals surface area (Å²) in [6.07, 6.45) is 2.10. The molecular formula is C22H31N3O3S2. The van der Waals surface area contributed by atoms with E-state index in [0.29, 0.717) is 36.7 Å². The quantitative estimate of drug-likeness (QED) is 0.672. The van der Waals surface area contributed by atoms with Crippen LogP contribution in [0.4, 0.5) is 0 Å². The highest BCUT2D eigenvalue weighted by atomic mass is 32.2. The highest BCUT2D eigenvalue weighted by Gasteiger charge is 2.32. The van der Waals surface area contributed by atoms with Gasteiger partial charge in [0.1, 0.15) is 4.21 Å². The molecule has 0 saturated carbocycles. The number of benzene rings is 1. The average Bonchev–Trinajstić information content (AvgIpc) is 3.30. The molecule has 1 N–H and O–H groups in total. The van der Waals surface area contributed by atoms with Crippen molar-refractivity contribution in [2.75, 3.05) is 33.7 Å². The Morgan fingerprint density at radius 3 is 2.40 bits per heavy atom. The predicted octanol–water partition coefficient (Wildman–Crippen LogP) is 3.13. The summed E-state index contributed by atoms with van der Waals surface area (Å²) in [5.74, 6) is -0.134. The van der Waals surface area contributed by atoms with Crippen molar-refractivity contribution >= 4 is 27.3 Å². The Bertz CT molecular complexity index is 917. The molecule has 0 aliphatic carbocycles. The number of likely N-dealkylation sites (N-methyl/N-ethyl adjacent to an activating group) is 1. The van der Waals surface area contributed by atoms with Crippen molar-refractivity contribution in [1.82, 2.24) is 14.5 Å². The van der Waals surface area contributed by atoms with E-state index in [0.717, 1.165) is 6.42 Å². The number of nitrogens with zero attached hydrogens (tertiary/aromatic N) is 2. The Balaban J connectivity index is 1.54. The number of sulfonamides is 1. The molecule has 2 heterocycles. The minimum Gasteiger partial charge on any atom is -0.354 e. The summed E-state index contributed by atoms with van der Waals surface area (Å²) in [7, 11) is 0.592. The van der Waals surface area contributed by atoms with Crippen LogP contribution in [-0.2, 0) is 21.2 Å². The first kappa shape index (κ1) is 22.9. The molecule has 0 bridgehead atoms. The molecular weight excluding hydrogens is 418 g/mol. The van der Waals surface area contributed by atoms with Crippen LogP contribution in [0.15, 0.2) is 46.0 Å². The van der Waals surface area contributed by atoms with Crippen LogP contribution in [0.1, 0.15) is 36.9 Å². The van der Waals surface area contributed by atoms with Crippen LogP contribution in [0.3, 0.4) is 0 Å². The Kier molecular flexibility index (Phi) is 7.68. The largest absolute Gasteiger partial charge is 0.354 e. The molecule has 1 aromatic carbocycles. The predicted molar refractivity (Wildman–Crippen MR) is 121 cm³/mol. The summed E-state index contributed by atoms with van der Waals surface area (Å²) in [4.78, 5) is 14.9. The van der Waals surface area contributed by atoms with Gasteiger partial charge in [0.25, 0.3) is 10.0 Å². The number of rotatable bonds is 8. The Hall–Kier alpha value is -1.74. The topological polar surface area (TPSA) is 69.7 Å². The van der Waals surface area contributed by atoms with Crippen molar-refractivity contribution in [2.24, 2.45) is 5.92 Å². The van der Waals surface area contributed by atoms with Crippen LogP contribution < -0.4 is 5.32 Å². The Morgan fingerprint density at radius 1 is 1.20 bits per heavy atom. The van der Waals surface area contributed by atoms with Gasteiger partial charge in [-0.05, 0) is 55.9 Å². The van der Waals surface area contributed by atoms with Gasteiger partial charge in [-0.2, -0.15) is 4.31 Å². The maximum absolute atomic E-state index is 12.7. The first-order valence-corrected chi connectivity index (χ1v) is 12.7. The summed E-state index contributed by atoms with van der Waals surface area (Å²) in [5.41, 5.74) is 2.47. The number of piperidine rings is 1. The van der Waals surface area contributed by atoms with E-state index in [4.69, 9.17) is 0 Å². The summed E-state index contributed by atoms with van der Waals surface area (Å²) in [6.45, 7) is 3.43. The number of amides is 1. The third-order valence-electron chi connectivity index (χ3n) is 5.78. The molecule has 1 aliphatic heterocycles. The van der Waals surface area contributed by atoms with E-state index in [1.807, 2.05) is 14.1 Å². The molecule has 0 radical (unpaired) electrons. The first-order chi connectivity index (χ1) is 14.3. The lowest BCUT2D eigenvalue weighted by Gasteiger charge is -2.31. The van der Waals surface area contributed by atoms with Gasteiger partial charge in [0.15, 0.2) is 0 Å². The Morgan fingerprint density at radius 2 is 1.87 bits per heavy atom. The molecule has 2 aromatic rings. The number of hydrogen-bond acceptors (Lipinski definition) is 5. The second-order valence-corrected chi connectivity index (χ2v) is 11.0. The normalized spacial score (nSPS) is 17.2. The zero-order valence-corrected chi connectivity index (χ0v) is 19.5.